The number of unbranched alkanes of at least 4 members (excludes halogenated alkanes) is 14. The molecule has 5 heteroatoms. The number of aliphatic carboxylic acids is 1. The summed E-state index contributed by atoms with van der Waals surface area (Å²) in [4.78, 5) is 20.8. The van der Waals surface area contributed by atoms with E-state index in [1.807, 2.05) is 0 Å². The Balaban J connectivity index is 3.55. The quantitative estimate of drug-likeness (QED) is 0.149. The van der Waals surface area contributed by atoms with Crippen LogP contribution in [0, 0.1) is 0 Å². The van der Waals surface area contributed by atoms with Crippen molar-refractivity contribution in [1.29, 1.82) is 0 Å². The van der Waals surface area contributed by atoms with E-state index in [1.165, 1.54) is 76.7 Å². The third-order valence-corrected chi connectivity index (χ3v) is 6.90. The second-order valence-corrected chi connectivity index (χ2v) is 9.81. The highest BCUT2D eigenvalue weighted by atomic mass is 31.2. The van der Waals surface area contributed by atoms with E-state index >= 15 is 0 Å². The zero-order chi connectivity index (χ0) is 19.7. The second-order valence-electron chi connectivity index (χ2n) is 7.30. The van der Waals surface area contributed by atoms with Crippen LogP contribution < -0.4 is 0 Å². The molecule has 1 unspecified atom stereocenters. The number of hydrogen-bond donors (Lipinski definition) is 2. The Hall–Kier alpha value is -0.600. The molecule has 0 saturated heterocycles. The molecular formula is C21H41O4P. The maximum atomic E-state index is 11.8. The predicted octanol–water partition coefficient (Wildman–Crippen LogP) is 7.12. The van der Waals surface area contributed by atoms with Gasteiger partial charge in [-0.15, -0.1) is 0 Å². The van der Waals surface area contributed by atoms with E-state index in [0.717, 1.165) is 19.3 Å². The number of carboxylic acids is 1. The van der Waals surface area contributed by atoms with Crippen molar-refractivity contribution in [3.8, 4) is 0 Å². The van der Waals surface area contributed by atoms with Crippen LogP contribution in [0.2, 0.25) is 0 Å². The van der Waals surface area contributed by atoms with Crippen LogP contribution in [0.1, 0.15) is 110 Å². The molecule has 0 aliphatic heterocycles. The molecule has 0 spiro atoms. The van der Waals surface area contributed by atoms with Gasteiger partial charge in [0.05, 0.1) is 0 Å². The zero-order valence-electron chi connectivity index (χ0n) is 17.0. The smallest absolute Gasteiger partial charge is 0.341 e. The molecule has 0 saturated carbocycles. The van der Waals surface area contributed by atoms with E-state index in [4.69, 9.17) is 5.11 Å². The third-order valence-electron chi connectivity index (χ3n) is 4.92. The topological polar surface area (TPSA) is 74.6 Å². The largest absolute Gasteiger partial charge is 0.477 e. The van der Waals surface area contributed by atoms with Crippen molar-refractivity contribution in [1.82, 2.24) is 0 Å². The first kappa shape index (κ1) is 25.4. The molecule has 0 aromatic carbocycles. The van der Waals surface area contributed by atoms with Gasteiger partial charge in [-0.3, -0.25) is 4.57 Å². The minimum Gasteiger partial charge on any atom is -0.477 e. The van der Waals surface area contributed by atoms with Crippen LogP contribution in [0.3, 0.4) is 0 Å². The fraction of sp³-hybridized carbons (Fsp3) is 0.857. The van der Waals surface area contributed by atoms with Crippen molar-refractivity contribution >= 4 is 13.3 Å². The monoisotopic (exact) mass is 388 g/mol. The number of carbonyl (C=O) groups is 1. The van der Waals surface area contributed by atoms with Crippen molar-refractivity contribution in [2.45, 2.75) is 110 Å². The average molecular weight is 389 g/mol. The molecule has 154 valence electrons. The number of rotatable bonds is 18. The Morgan fingerprint density at radius 2 is 1.15 bits per heavy atom. The lowest BCUT2D eigenvalue weighted by Gasteiger charge is -2.09. The van der Waals surface area contributed by atoms with Gasteiger partial charge in [0.1, 0.15) is 5.31 Å². The molecule has 0 rings (SSSR count). The van der Waals surface area contributed by atoms with Gasteiger partial charge in [-0.1, -0.05) is 103 Å². The van der Waals surface area contributed by atoms with E-state index in [9.17, 15) is 14.3 Å². The maximum Gasteiger partial charge on any atom is 0.341 e. The lowest BCUT2D eigenvalue weighted by atomic mass is 10.0. The zero-order valence-corrected chi connectivity index (χ0v) is 17.9. The van der Waals surface area contributed by atoms with Crippen molar-refractivity contribution in [3.05, 3.63) is 11.4 Å². The standard InChI is InChI=1S/C21H41O4P/c1-3-5-6-7-8-9-10-11-12-13-14-15-16-17-18-19-20(21(22)23)26(24,25)4-2/h19H,3-18H2,1-2H3,(H,22,23)(H,24,25)/b20-19+. The number of hydrogen-bond acceptors (Lipinski definition) is 2. The summed E-state index contributed by atoms with van der Waals surface area (Å²) in [5.41, 5.74) is 0. The third kappa shape index (κ3) is 13.6. The molecule has 0 fully saturated rings. The van der Waals surface area contributed by atoms with Gasteiger partial charge in [0.2, 0.25) is 7.37 Å². The molecular weight excluding hydrogens is 347 g/mol. The van der Waals surface area contributed by atoms with Crippen molar-refractivity contribution in [2.75, 3.05) is 6.16 Å². The van der Waals surface area contributed by atoms with Crippen LogP contribution in [0.15, 0.2) is 11.4 Å². The first-order valence-electron chi connectivity index (χ1n) is 10.7. The van der Waals surface area contributed by atoms with E-state index in [1.54, 1.807) is 6.92 Å². The van der Waals surface area contributed by atoms with Crippen LogP contribution in [-0.4, -0.2) is 22.1 Å². The summed E-state index contributed by atoms with van der Waals surface area (Å²) in [5.74, 6) is -1.26. The van der Waals surface area contributed by atoms with Gasteiger partial charge in [0.15, 0.2) is 0 Å². The highest BCUT2D eigenvalue weighted by Crippen LogP contribution is 2.49. The van der Waals surface area contributed by atoms with Gasteiger partial charge in [-0.2, -0.15) is 0 Å². The molecule has 0 aliphatic rings. The van der Waals surface area contributed by atoms with Crippen LogP contribution >= 0.6 is 7.37 Å². The average Bonchev–Trinajstić information content (AvgIpc) is 2.60. The molecule has 2 N–H and O–H groups in total. The molecule has 0 aromatic heterocycles. The molecule has 0 radical (unpaired) electrons. The Kier molecular flexibility index (Phi) is 16.2. The van der Waals surface area contributed by atoms with Crippen molar-refractivity contribution in [2.24, 2.45) is 0 Å². The number of carboxylic acid groups (broad SMARTS) is 1. The minimum absolute atomic E-state index is 0.0239. The second kappa shape index (κ2) is 16.6. The SMILES string of the molecule is CCCCCCCCCCCCCCCC/C=C(\C(=O)O)P(=O)(O)CC. The molecule has 0 aromatic rings. The first-order chi connectivity index (χ1) is 12.5. The summed E-state index contributed by atoms with van der Waals surface area (Å²) < 4.78 is 11.8. The fourth-order valence-electron chi connectivity index (χ4n) is 3.13. The summed E-state index contributed by atoms with van der Waals surface area (Å²) >= 11 is 0. The van der Waals surface area contributed by atoms with Crippen LogP contribution in [-0.2, 0) is 9.36 Å². The summed E-state index contributed by atoms with van der Waals surface area (Å²) in [5, 5.41) is 8.76. The fourth-order valence-corrected chi connectivity index (χ4v) is 4.18. The normalized spacial score (nSPS) is 14.3. The van der Waals surface area contributed by atoms with Gasteiger partial charge < -0.3 is 10.00 Å². The molecule has 0 aliphatic carbocycles. The van der Waals surface area contributed by atoms with E-state index < -0.39 is 13.3 Å². The number of allylic oxidation sites excluding steroid dienone is 1. The Bertz CT molecular complexity index is 432. The van der Waals surface area contributed by atoms with Gasteiger partial charge in [0.25, 0.3) is 0 Å². The van der Waals surface area contributed by atoms with Gasteiger partial charge in [0, 0.05) is 6.16 Å². The molecule has 0 amide bonds. The summed E-state index contributed by atoms with van der Waals surface area (Å²) in [6, 6.07) is 0. The van der Waals surface area contributed by atoms with Crippen molar-refractivity contribution in [3.63, 3.8) is 0 Å². The van der Waals surface area contributed by atoms with E-state index in [2.05, 4.69) is 6.92 Å². The Labute approximate surface area is 160 Å². The highest BCUT2D eigenvalue weighted by molar-refractivity contribution is 7.63. The molecule has 0 heterocycles. The van der Waals surface area contributed by atoms with Crippen LogP contribution in [0.5, 0.6) is 0 Å². The minimum atomic E-state index is -3.67. The van der Waals surface area contributed by atoms with E-state index in [0.29, 0.717) is 6.42 Å². The Morgan fingerprint density at radius 3 is 1.50 bits per heavy atom. The van der Waals surface area contributed by atoms with Crippen molar-refractivity contribution < 1.29 is 19.4 Å². The van der Waals surface area contributed by atoms with Gasteiger partial charge in [-0.25, -0.2) is 4.79 Å². The summed E-state index contributed by atoms with van der Waals surface area (Å²) in [7, 11) is -3.67. The van der Waals surface area contributed by atoms with E-state index in [-0.39, 0.29) is 11.5 Å². The predicted molar refractivity (Wildman–Crippen MR) is 111 cm³/mol. The van der Waals surface area contributed by atoms with Crippen LogP contribution in [0.25, 0.3) is 0 Å². The summed E-state index contributed by atoms with van der Waals surface area (Å²) in [6.07, 6.45) is 19.9. The van der Waals surface area contributed by atoms with Gasteiger partial charge >= 0.3 is 5.97 Å². The molecule has 4 nitrogen and oxygen atoms in total. The van der Waals surface area contributed by atoms with Crippen LogP contribution in [0.4, 0.5) is 0 Å². The lowest BCUT2D eigenvalue weighted by molar-refractivity contribution is -0.131. The first-order valence-corrected chi connectivity index (χ1v) is 12.6. The molecule has 1 atom stereocenters. The lowest BCUT2D eigenvalue weighted by Crippen LogP contribution is -2.03. The van der Waals surface area contributed by atoms with Gasteiger partial charge in [-0.05, 0) is 12.8 Å². The molecule has 0 bridgehead atoms. The highest BCUT2D eigenvalue weighted by Gasteiger charge is 2.27. The molecule has 26 heavy (non-hydrogen) atoms. The Morgan fingerprint density at radius 1 is 0.769 bits per heavy atom. The maximum absolute atomic E-state index is 11.8. The summed E-state index contributed by atoms with van der Waals surface area (Å²) in [6.45, 7) is 3.80.